The summed E-state index contributed by atoms with van der Waals surface area (Å²) in [5.41, 5.74) is 6.31. The molecular formula is C9H11BrN2O3S. The molecule has 0 aromatic heterocycles. The van der Waals surface area contributed by atoms with E-state index in [0.29, 0.717) is 10.0 Å². The lowest BCUT2D eigenvalue weighted by molar-refractivity contribution is 0.318. The lowest BCUT2D eigenvalue weighted by atomic mass is 10.1. The average Bonchev–Trinajstić information content (AvgIpc) is 2.19. The van der Waals surface area contributed by atoms with Gasteiger partial charge in [-0.15, -0.1) is 0 Å². The van der Waals surface area contributed by atoms with Crippen LogP contribution in [0.25, 0.3) is 0 Å². The number of rotatable bonds is 2. The summed E-state index contributed by atoms with van der Waals surface area (Å²) in [6.07, 6.45) is 1.07. The van der Waals surface area contributed by atoms with Gasteiger partial charge in [0.1, 0.15) is 0 Å². The van der Waals surface area contributed by atoms with Crippen LogP contribution in [0, 0.1) is 6.92 Å². The Hall–Kier alpha value is -1.08. The van der Waals surface area contributed by atoms with Crippen molar-refractivity contribution in [3.8, 4) is 0 Å². The highest BCUT2D eigenvalue weighted by molar-refractivity contribution is 9.10. The normalized spacial score (nSPS) is 12.8. The second-order valence-corrected chi connectivity index (χ2v) is 6.14. The van der Waals surface area contributed by atoms with Gasteiger partial charge in [-0.25, -0.2) is 8.42 Å². The monoisotopic (exact) mass is 306 g/mol. The summed E-state index contributed by atoms with van der Waals surface area (Å²) in [6, 6.07) is 3.03. The second kappa shape index (κ2) is 4.42. The van der Waals surface area contributed by atoms with Gasteiger partial charge in [-0.2, -0.15) is 0 Å². The number of halogens is 1. The number of hydrogen-bond donors (Lipinski definition) is 2. The molecule has 0 amide bonds. The first-order valence-corrected chi connectivity index (χ1v) is 6.94. The predicted octanol–water partition coefficient (Wildman–Crippen LogP) is 1.26. The molecule has 1 aromatic rings. The summed E-state index contributed by atoms with van der Waals surface area (Å²) in [6.45, 7) is 1.69. The lowest BCUT2D eigenvalue weighted by Gasteiger charge is -2.11. The van der Waals surface area contributed by atoms with E-state index in [2.05, 4.69) is 21.1 Å². The molecule has 1 rings (SSSR count). The van der Waals surface area contributed by atoms with Crippen molar-refractivity contribution in [2.75, 3.05) is 6.26 Å². The highest BCUT2D eigenvalue weighted by Crippen LogP contribution is 2.26. The molecule has 16 heavy (non-hydrogen) atoms. The molecule has 0 heterocycles. The summed E-state index contributed by atoms with van der Waals surface area (Å²) < 4.78 is 23.8. The molecule has 0 unspecified atom stereocenters. The number of hydrogen-bond acceptors (Lipinski definition) is 4. The Morgan fingerprint density at radius 1 is 1.50 bits per heavy atom. The maximum absolute atomic E-state index is 11.5. The van der Waals surface area contributed by atoms with Gasteiger partial charge >= 0.3 is 0 Å². The van der Waals surface area contributed by atoms with E-state index in [1.807, 2.05) is 0 Å². The number of oxime groups is 1. The third kappa shape index (κ3) is 2.35. The van der Waals surface area contributed by atoms with E-state index < -0.39 is 9.84 Å². The molecule has 0 aliphatic rings. The molecular weight excluding hydrogens is 296 g/mol. The van der Waals surface area contributed by atoms with E-state index in [4.69, 9.17) is 10.9 Å². The van der Waals surface area contributed by atoms with Crippen LogP contribution in [0.3, 0.4) is 0 Å². The molecule has 0 radical (unpaired) electrons. The molecule has 0 bridgehead atoms. The van der Waals surface area contributed by atoms with Crippen LogP contribution in [0.5, 0.6) is 0 Å². The Balaban J connectivity index is 3.72. The number of nitrogens with two attached hydrogens (primary N) is 1. The Morgan fingerprint density at radius 3 is 2.50 bits per heavy atom. The number of sulfone groups is 1. The van der Waals surface area contributed by atoms with Crippen molar-refractivity contribution >= 4 is 31.6 Å². The van der Waals surface area contributed by atoms with Gasteiger partial charge in [-0.1, -0.05) is 21.1 Å². The van der Waals surface area contributed by atoms with Crippen LogP contribution in [0.1, 0.15) is 11.1 Å². The van der Waals surface area contributed by atoms with E-state index >= 15 is 0 Å². The minimum absolute atomic E-state index is 0.0449. The summed E-state index contributed by atoms with van der Waals surface area (Å²) >= 11 is 3.26. The van der Waals surface area contributed by atoms with Crippen LogP contribution in [0.4, 0.5) is 0 Å². The average molecular weight is 307 g/mol. The largest absolute Gasteiger partial charge is 0.409 e. The Kier molecular flexibility index (Phi) is 3.59. The van der Waals surface area contributed by atoms with Gasteiger partial charge in [-0.3, -0.25) is 0 Å². The number of benzene rings is 1. The molecule has 7 heteroatoms. The molecule has 0 fully saturated rings. The van der Waals surface area contributed by atoms with Crippen molar-refractivity contribution in [1.29, 1.82) is 0 Å². The Labute approximate surface area is 102 Å². The van der Waals surface area contributed by atoms with Crippen molar-refractivity contribution < 1.29 is 13.6 Å². The fourth-order valence-electron chi connectivity index (χ4n) is 1.34. The van der Waals surface area contributed by atoms with E-state index in [1.54, 1.807) is 13.0 Å². The number of nitrogens with zero attached hydrogens (tertiary/aromatic N) is 1. The first-order chi connectivity index (χ1) is 7.29. The quantitative estimate of drug-likeness (QED) is 0.372. The van der Waals surface area contributed by atoms with Crippen LogP contribution >= 0.6 is 15.9 Å². The lowest BCUT2D eigenvalue weighted by Crippen LogP contribution is -2.19. The SMILES string of the molecule is Cc1c(Br)ccc(S(C)(=O)=O)c1C(N)=NO. The van der Waals surface area contributed by atoms with Gasteiger partial charge in [0.15, 0.2) is 15.7 Å². The van der Waals surface area contributed by atoms with Crippen molar-refractivity contribution in [2.24, 2.45) is 10.9 Å². The zero-order chi connectivity index (χ0) is 12.5. The first kappa shape index (κ1) is 13.0. The molecule has 1 aromatic carbocycles. The minimum atomic E-state index is -3.42. The fourth-order valence-corrected chi connectivity index (χ4v) is 2.61. The van der Waals surface area contributed by atoms with Crippen molar-refractivity contribution in [1.82, 2.24) is 0 Å². The third-order valence-corrected chi connectivity index (χ3v) is 4.12. The van der Waals surface area contributed by atoms with Crippen LogP contribution in [0.2, 0.25) is 0 Å². The summed E-state index contributed by atoms with van der Waals surface area (Å²) in [7, 11) is -3.42. The van der Waals surface area contributed by atoms with E-state index in [0.717, 1.165) is 6.26 Å². The topological polar surface area (TPSA) is 92.8 Å². The molecule has 3 N–H and O–H groups in total. The Morgan fingerprint density at radius 2 is 2.06 bits per heavy atom. The maximum atomic E-state index is 11.5. The van der Waals surface area contributed by atoms with Crippen LogP contribution in [-0.2, 0) is 9.84 Å². The van der Waals surface area contributed by atoms with Gasteiger partial charge < -0.3 is 10.9 Å². The molecule has 0 spiro atoms. The fraction of sp³-hybridized carbons (Fsp3) is 0.222. The molecule has 0 saturated carbocycles. The van der Waals surface area contributed by atoms with Crippen LogP contribution < -0.4 is 5.73 Å². The molecule has 0 aliphatic heterocycles. The smallest absolute Gasteiger partial charge is 0.176 e. The molecule has 0 aliphatic carbocycles. The third-order valence-electron chi connectivity index (χ3n) is 2.12. The number of amidine groups is 1. The van der Waals surface area contributed by atoms with Gasteiger partial charge in [-0.05, 0) is 24.6 Å². The van der Waals surface area contributed by atoms with Gasteiger partial charge in [0, 0.05) is 16.3 Å². The highest BCUT2D eigenvalue weighted by Gasteiger charge is 2.19. The molecule has 88 valence electrons. The Bertz CT molecular complexity index is 552. The van der Waals surface area contributed by atoms with E-state index in [9.17, 15) is 8.42 Å². The van der Waals surface area contributed by atoms with Gasteiger partial charge in [0.05, 0.1) is 4.90 Å². The van der Waals surface area contributed by atoms with Crippen molar-refractivity contribution in [2.45, 2.75) is 11.8 Å². The zero-order valence-electron chi connectivity index (χ0n) is 8.73. The standard InChI is InChI=1S/C9H11BrN2O3S/c1-5-6(10)3-4-7(16(2,14)15)8(5)9(11)12-13/h3-4,13H,1-2H3,(H2,11,12). The molecule has 0 saturated heterocycles. The van der Waals surface area contributed by atoms with Crippen molar-refractivity contribution in [3.63, 3.8) is 0 Å². The van der Waals surface area contributed by atoms with Crippen LogP contribution in [0.15, 0.2) is 26.7 Å². The first-order valence-electron chi connectivity index (χ1n) is 4.26. The highest BCUT2D eigenvalue weighted by atomic mass is 79.9. The summed E-state index contributed by atoms with van der Waals surface area (Å²) in [4.78, 5) is 0.0449. The zero-order valence-corrected chi connectivity index (χ0v) is 11.1. The molecule has 5 nitrogen and oxygen atoms in total. The van der Waals surface area contributed by atoms with E-state index in [-0.39, 0.29) is 16.3 Å². The summed E-state index contributed by atoms with van der Waals surface area (Å²) in [5, 5.41) is 11.5. The van der Waals surface area contributed by atoms with Crippen LogP contribution in [-0.4, -0.2) is 25.7 Å². The van der Waals surface area contributed by atoms with Gasteiger partial charge in [0.25, 0.3) is 0 Å². The van der Waals surface area contributed by atoms with Gasteiger partial charge in [0.2, 0.25) is 0 Å². The second-order valence-electron chi connectivity index (χ2n) is 3.30. The summed E-state index contributed by atoms with van der Waals surface area (Å²) in [5.74, 6) is -0.223. The minimum Gasteiger partial charge on any atom is -0.409 e. The molecule has 0 atom stereocenters. The predicted molar refractivity (Wildman–Crippen MR) is 64.5 cm³/mol. The maximum Gasteiger partial charge on any atom is 0.176 e. The van der Waals surface area contributed by atoms with E-state index in [1.165, 1.54) is 6.07 Å². The van der Waals surface area contributed by atoms with Crippen molar-refractivity contribution in [3.05, 3.63) is 27.7 Å².